The lowest BCUT2D eigenvalue weighted by molar-refractivity contribution is 0.106. The van der Waals surface area contributed by atoms with E-state index < -0.39 is 13.2 Å². The van der Waals surface area contributed by atoms with Crippen molar-refractivity contribution in [2.24, 2.45) is 0 Å². The van der Waals surface area contributed by atoms with Gasteiger partial charge >= 0.3 is 7.60 Å². The van der Waals surface area contributed by atoms with Crippen LogP contribution in [-0.2, 0) is 13.6 Å². The third kappa shape index (κ3) is 2.85. The molecule has 12 heavy (non-hydrogen) atoms. The van der Waals surface area contributed by atoms with Gasteiger partial charge in [-0.05, 0) is 13.8 Å². The standard InChI is InChI=1S/C5H10BF2O3P/c1-3-10-12(9,11-4-2)5(6,7)8/h3-4H2,1-2H3. The zero-order valence-corrected chi connectivity index (χ0v) is 7.81. The summed E-state index contributed by atoms with van der Waals surface area (Å²) in [5.74, 6) is 0. The summed E-state index contributed by atoms with van der Waals surface area (Å²) in [6.45, 7) is 2.59. The Labute approximate surface area is 71.4 Å². The topological polar surface area (TPSA) is 35.5 Å². The van der Waals surface area contributed by atoms with Gasteiger partial charge in [0, 0.05) is 0 Å². The molecule has 0 aromatic rings. The molecule has 0 fully saturated rings. The summed E-state index contributed by atoms with van der Waals surface area (Å²) < 4.78 is 44.5. The molecule has 0 aliphatic carbocycles. The highest BCUT2D eigenvalue weighted by molar-refractivity contribution is 7.57. The molecule has 0 unspecified atom stereocenters. The summed E-state index contributed by atoms with van der Waals surface area (Å²) >= 11 is 0. The lowest BCUT2D eigenvalue weighted by Gasteiger charge is -2.22. The van der Waals surface area contributed by atoms with E-state index in [9.17, 15) is 13.3 Å². The maximum Gasteiger partial charge on any atom is 0.388 e. The molecule has 0 N–H and O–H groups in total. The molecule has 0 saturated heterocycles. The number of rotatable bonds is 5. The second-order valence-corrected chi connectivity index (χ2v) is 4.03. The van der Waals surface area contributed by atoms with Crippen LogP contribution in [0.5, 0.6) is 0 Å². The molecular weight excluding hydrogens is 188 g/mol. The normalized spacial score (nSPS) is 13.3. The van der Waals surface area contributed by atoms with Gasteiger partial charge in [0.1, 0.15) is 0 Å². The Morgan fingerprint density at radius 2 is 1.67 bits per heavy atom. The van der Waals surface area contributed by atoms with E-state index in [4.69, 9.17) is 0 Å². The Kier molecular flexibility index (Phi) is 4.38. The molecule has 0 atom stereocenters. The second-order valence-electron chi connectivity index (χ2n) is 1.92. The van der Waals surface area contributed by atoms with Gasteiger partial charge in [0.2, 0.25) is 0 Å². The number of halogens is 2. The Hall–Kier alpha value is 0.0749. The molecule has 0 aliphatic rings. The molecule has 0 spiro atoms. The molecule has 0 aromatic carbocycles. The summed E-state index contributed by atoms with van der Waals surface area (Å²) in [4.78, 5) is 0. The highest BCUT2D eigenvalue weighted by atomic mass is 31.2. The molecule has 7 heteroatoms. The Balaban J connectivity index is 4.51. The van der Waals surface area contributed by atoms with E-state index in [0.717, 1.165) is 0 Å². The van der Waals surface area contributed by atoms with Gasteiger partial charge in [-0.3, -0.25) is 4.57 Å². The molecule has 0 aliphatic heterocycles. The average molecular weight is 198 g/mol. The number of hydrogen-bond acceptors (Lipinski definition) is 3. The van der Waals surface area contributed by atoms with E-state index in [2.05, 4.69) is 16.9 Å². The fraction of sp³-hybridized carbons (Fsp3) is 1.00. The number of hydrogen-bond donors (Lipinski definition) is 0. The van der Waals surface area contributed by atoms with Crippen molar-refractivity contribution >= 4 is 15.4 Å². The molecule has 2 radical (unpaired) electrons. The minimum absolute atomic E-state index is 0.135. The van der Waals surface area contributed by atoms with Crippen LogP contribution in [0, 0.1) is 0 Å². The van der Waals surface area contributed by atoms with Crippen molar-refractivity contribution in [2.75, 3.05) is 13.2 Å². The highest BCUT2D eigenvalue weighted by Crippen LogP contribution is 2.59. The van der Waals surface area contributed by atoms with Crippen molar-refractivity contribution in [2.45, 2.75) is 19.4 Å². The predicted molar refractivity (Wildman–Crippen MR) is 41.6 cm³/mol. The lowest BCUT2D eigenvalue weighted by Crippen LogP contribution is -2.20. The Morgan fingerprint density at radius 1 is 1.33 bits per heavy atom. The van der Waals surface area contributed by atoms with Gasteiger partial charge < -0.3 is 9.05 Å². The lowest BCUT2D eigenvalue weighted by atomic mass is 10.2. The van der Waals surface area contributed by atoms with Crippen LogP contribution >= 0.6 is 7.60 Å². The van der Waals surface area contributed by atoms with Crippen LogP contribution in [0.15, 0.2) is 0 Å². The molecule has 70 valence electrons. The van der Waals surface area contributed by atoms with Crippen molar-refractivity contribution in [1.82, 2.24) is 0 Å². The number of alkyl halides is 2. The van der Waals surface area contributed by atoms with Crippen LogP contribution < -0.4 is 0 Å². The van der Waals surface area contributed by atoms with Crippen molar-refractivity contribution in [3.63, 3.8) is 0 Å². The summed E-state index contributed by atoms with van der Waals surface area (Å²) in [5, 5.41) is 0. The summed E-state index contributed by atoms with van der Waals surface area (Å²) in [5.41, 5.74) is -3.93. The Morgan fingerprint density at radius 3 is 1.83 bits per heavy atom. The minimum atomic E-state index is -4.46. The van der Waals surface area contributed by atoms with Gasteiger partial charge in [-0.1, -0.05) is 0 Å². The molecule has 0 heterocycles. The van der Waals surface area contributed by atoms with Crippen molar-refractivity contribution in [1.29, 1.82) is 0 Å². The largest absolute Gasteiger partial charge is 0.388 e. The SMILES string of the molecule is [B]C(F)(F)P(=O)(OCC)OCC. The van der Waals surface area contributed by atoms with Crippen LogP contribution in [0.3, 0.4) is 0 Å². The van der Waals surface area contributed by atoms with E-state index in [-0.39, 0.29) is 13.2 Å². The second kappa shape index (κ2) is 4.35. The van der Waals surface area contributed by atoms with Crippen LogP contribution in [0.1, 0.15) is 13.8 Å². The van der Waals surface area contributed by atoms with Crippen LogP contribution in [-0.4, -0.2) is 26.6 Å². The van der Waals surface area contributed by atoms with Crippen LogP contribution in [0.4, 0.5) is 8.78 Å². The molecule has 0 saturated carbocycles. The molecular formula is C5H10BF2O3P. The third-order valence-electron chi connectivity index (χ3n) is 0.963. The van der Waals surface area contributed by atoms with E-state index in [1.165, 1.54) is 13.8 Å². The molecule has 0 rings (SSSR count). The van der Waals surface area contributed by atoms with E-state index in [0.29, 0.717) is 0 Å². The first-order valence-electron chi connectivity index (χ1n) is 3.43. The minimum Gasteiger partial charge on any atom is -0.305 e. The van der Waals surface area contributed by atoms with Crippen molar-refractivity contribution in [3.8, 4) is 0 Å². The smallest absolute Gasteiger partial charge is 0.305 e. The van der Waals surface area contributed by atoms with Gasteiger partial charge in [0.15, 0.2) is 7.85 Å². The fourth-order valence-electron chi connectivity index (χ4n) is 0.549. The maximum atomic E-state index is 12.4. The van der Waals surface area contributed by atoms with Gasteiger partial charge in [0.25, 0.3) is 5.56 Å². The summed E-state index contributed by atoms with van der Waals surface area (Å²) in [6, 6.07) is 0. The highest BCUT2D eigenvalue weighted by Gasteiger charge is 2.47. The van der Waals surface area contributed by atoms with E-state index in [1.54, 1.807) is 0 Å². The first-order valence-corrected chi connectivity index (χ1v) is 4.97. The quantitative estimate of drug-likeness (QED) is 0.500. The third-order valence-corrected chi connectivity index (χ3v) is 2.89. The monoisotopic (exact) mass is 198 g/mol. The van der Waals surface area contributed by atoms with Gasteiger partial charge in [0.05, 0.1) is 13.2 Å². The summed E-state index contributed by atoms with van der Waals surface area (Å²) in [6.07, 6.45) is 0. The first kappa shape index (κ1) is 12.1. The zero-order valence-electron chi connectivity index (χ0n) is 6.92. The van der Waals surface area contributed by atoms with Gasteiger partial charge in [-0.15, -0.1) is 0 Å². The van der Waals surface area contributed by atoms with E-state index >= 15 is 0 Å². The maximum absolute atomic E-state index is 12.4. The van der Waals surface area contributed by atoms with Crippen LogP contribution in [0.25, 0.3) is 0 Å². The molecule has 0 bridgehead atoms. The molecule has 3 nitrogen and oxygen atoms in total. The predicted octanol–water partition coefficient (Wildman–Crippen LogP) is 1.97. The fourth-order valence-corrected chi connectivity index (χ4v) is 1.65. The van der Waals surface area contributed by atoms with E-state index in [1.807, 2.05) is 0 Å². The molecule has 0 amide bonds. The average Bonchev–Trinajstić information content (AvgIpc) is 1.86. The zero-order chi connectivity index (χ0) is 9.83. The van der Waals surface area contributed by atoms with Crippen molar-refractivity contribution in [3.05, 3.63) is 0 Å². The first-order chi connectivity index (χ1) is 5.37. The molecule has 0 aromatic heterocycles. The Bertz CT molecular complexity index is 172. The van der Waals surface area contributed by atoms with Gasteiger partial charge in [-0.2, -0.15) is 0 Å². The summed E-state index contributed by atoms with van der Waals surface area (Å²) in [7, 11) is -0.119. The van der Waals surface area contributed by atoms with Gasteiger partial charge in [-0.25, -0.2) is 8.78 Å². The van der Waals surface area contributed by atoms with Crippen molar-refractivity contribution < 1.29 is 22.4 Å². The van der Waals surface area contributed by atoms with Crippen LogP contribution in [0.2, 0.25) is 0 Å².